The molecule has 4 rings (SSSR count). The number of nitrogens with one attached hydrogen (secondary N) is 1. The maximum absolute atomic E-state index is 12.5. The maximum atomic E-state index is 12.5. The summed E-state index contributed by atoms with van der Waals surface area (Å²) in [6.45, 7) is 4.42. The molecule has 116 valence electrons. The van der Waals surface area contributed by atoms with Gasteiger partial charge in [0.15, 0.2) is 0 Å². The van der Waals surface area contributed by atoms with Crippen LogP contribution in [-0.4, -0.2) is 52.1 Å². The number of amides is 1. The van der Waals surface area contributed by atoms with Crippen LogP contribution in [-0.2, 0) is 6.54 Å². The Kier molecular flexibility index (Phi) is 3.72. The predicted molar refractivity (Wildman–Crippen MR) is 86.1 cm³/mol. The van der Waals surface area contributed by atoms with Crippen molar-refractivity contribution in [2.75, 3.05) is 26.2 Å². The van der Waals surface area contributed by atoms with Crippen LogP contribution in [0.1, 0.15) is 40.5 Å². The molecule has 6 heteroatoms. The lowest BCUT2D eigenvalue weighted by atomic mass is 10.2. The summed E-state index contributed by atoms with van der Waals surface area (Å²) in [4.78, 5) is 16.8. The molecule has 22 heavy (non-hydrogen) atoms. The van der Waals surface area contributed by atoms with Crippen molar-refractivity contribution in [3.63, 3.8) is 0 Å². The summed E-state index contributed by atoms with van der Waals surface area (Å²) in [5, 5.41) is 11.5. The lowest BCUT2D eigenvalue weighted by molar-refractivity contribution is 0.0623. The number of aromatic amines is 1. The Bertz CT molecular complexity index is 639. The molecule has 0 radical (unpaired) electrons. The molecule has 0 spiro atoms. The zero-order chi connectivity index (χ0) is 14.9. The number of nitrogens with zero attached hydrogens (tertiary/aromatic N) is 3. The van der Waals surface area contributed by atoms with Crippen LogP contribution in [0.3, 0.4) is 0 Å². The normalized spacial score (nSPS) is 19.5. The summed E-state index contributed by atoms with van der Waals surface area (Å²) in [5.41, 5.74) is 3.07. The number of aromatic nitrogens is 2. The number of carbonyl (C=O) groups is 1. The molecule has 2 aromatic heterocycles. The average molecular weight is 316 g/mol. The molecule has 3 heterocycles. The molecular weight excluding hydrogens is 296 g/mol. The number of hydrogen-bond acceptors (Lipinski definition) is 4. The monoisotopic (exact) mass is 316 g/mol. The van der Waals surface area contributed by atoms with Gasteiger partial charge in [-0.25, -0.2) is 0 Å². The first-order valence-electron chi connectivity index (χ1n) is 7.87. The largest absolute Gasteiger partial charge is 0.335 e. The van der Waals surface area contributed by atoms with Gasteiger partial charge in [-0.2, -0.15) is 16.4 Å². The molecule has 0 aromatic carbocycles. The van der Waals surface area contributed by atoms with Gasteiger partial charge < -0.3 is 4.90 Å². The number of piperazine rings is 1. The molecule has 0 unspecified atom stereocenters. The summed E-state index contributed by atoms with van der Waals surface area (Å²) >= 11 is 1.74. The van der Waals surface area contributed by atoms with Crippen molar-refractivity contribution in [3.8, 4) is 0 Å². The van der Waals surface area contributed by atoms with E-state index in [1.807, 2.05) is 11.0 Å². The third-order valence-corrected chi connectivity index (χ3v) is 5.21. The second-order valence-electron chi connectivity index (χ2n) is 6.18. The Morgan fingerprint density at radius 3 is 2.82 bits per heavy atom. The molecule has 2 aromatic rings. The molecule has 1 aliphatic heterocycles. The quantitative estimate of drug-likeness (QED) is 0.942. The maximum Gasteiger partial charge on any atom is 0.274 e. The first kappa shape index (κ1) is 14.0. The van der Waals surface area contributed by atoms with Crippen molar-refractivity contribution in [2.45, 2.75) is 25.3 Å². The average Bonchev–Trinajstić information content (AvgIpc) is 3.06. The van der Waals surface area contributed by atoms with Crippen molar-refractivity contribution in [3.05, 3.63) is 39.8 Å². The summed E-state index contributed by atoms with van der Waals surface area (Å²) in [5.74, 6) is 0.676. The summed E-state index contributed by atoms with van der Waals surface area (Å²) in [6.07, 6.45) is 2.44. The molecular formula is C16H20N4OS. The van der Waals surface area contributed by atoms with Crippen LogP contribution >= 0.6 is 11.3 Å². The molecule has 1 saturated carbocycles. The summed E-state index contributed by atoms with van der Waals surface area (Å²) in [7, 11) is 0. The van der Waals surface area contributed by atoms with Gasteiger partial charge in [-0.15, -0.1) is 0 Å². The van der Waals surface area contributed by atoms with E-state index in [0.717, 1.165) is 38.4 Å². The Labute approximate surface area is 133 Å². The van der Waals surface area contributed by atoms with Crippen molar-refractivity contribution in [2.24, 2.45) is 0 Å². The van der Waals surface area contributed by atoms with Crippen molar-refractivity contribution < 1.29 is 4.79 Å². The molecule has 1 aliphatic carbocycles. The van der Waals surface area contributed by atoms with Gasteiger partial charge in [-0.05, 0) is 41.3 Å². The van der Waals surface area contributed by atoms with E-state index in [1.165, 1.54) is 18.4 Å². The minimum atomic E-state index is 0.0679. The van der Waals surface area contributed by atoms with Crippen LogP contribution < -0.4 is 0 Å². The van der Waals surface area contributed by atoms with Gasteiger partial charge in [0.1, 0.15) is 5.69 Å². The van der Waals surface area contributed by atoms with E-state index in [2.05, 4.69) is 31.9 Å². The highest BCUT2D eigenvalue weighted by molar-refractivity contribution is 7.07. The smallest absolute Gasteiger partial charge is 0.274 e. The molecule has 5 nitrogen and oxygen atoms in total. The highest BCUT2D eigenvalue weighted by Crippen LogP contribution is 2.39. The zero-order valence-corrected chi connectivity index (χ0v) is 13.3. The van der Waals surface area contributed by atoms with Crippen molar-refractivity contribution in [1.29, 1.82) is 0 Å². The van der Waals surface area contributed by atoms with E-state index >= 15 is 0 Å². The van der Waals surface area contributed by atoms with E-state index in [0.29, 0.717) is 11.6 Å². The Hall–Kier alpha value is -1.66. The fourth-order valence-corrected chi connectivity index (χ4v) is 3.62. The molecule has 1 saturated heterocycles. The van der Waals surface area contributed by atoms with E-state index in [-0.39, 0.29) is 5.91 Å². The van der Waals surface area contributed by atoms with Crippen molar-refractivity contribution >= 4 is 17.2 Å². The van der Waals surface area contributed by atoms with Crippen LogP contribution in [0.15, 0.2) is 22.9 Å². The predicted octanol–water partition coefficient (Wildman–Crippen LogP) is 2.31. The first-order valence-corrected chi connectivity index (χ1v) is 8.82. The fraction of sp³-hybridized carbons (Fsp3) is 0.500. The summed E-state index contributed by atoms with van der Waals surface area (Å²) in [6, 6.07) is 4.11. The topological polar surface area (TPSA) is 52.2 Å². The molecule has 2 fully saturated rings. The van der Waals surface area contributed by atoms with Crippen LogP contribution in [0.4, 0.5) is 0 Å². The van der Waals surface area contributed by atoms with Gasteiger partial charge in [0.05, 0.1) is 0 Å². The van der Waals surface area contributed by atoms with E-state index in [1.54, 1.807) is 11.3 Å². The highest BCUT2D eigenvalue weighted by Gasteiger charge is 2.28. The fourth-order valence-electron chi connectivity index (χ4n) is 2.96. The van der Waals surface area contributed by atoms with Gasteiger partial charge in [-0.1, -0.05) is 0 Å². The highest BCUT2D eigenvalue weighted by atomic mass is 32.1. The van der Waals surface area contributed by atoms with Gasteiger partial charge in [0.2, 0.25) is 0 Å². The Balaban J connectivity index is 1.33. The van der Waals surface area contributed by atoms with Gasteiger partial charge in [-0.3, -0.25) is 14.8 Å². The summed E-state index contributed by atoms with van der Waals surface area (Å²) < 4.78 is 0. The Morgan fingerprint density at radius 1 is 1.32 bits per heavy atom. The van der Waals surface area contributed by atoms with E-state index < -0.39 is 0 Å². The van der Waals surface area contributed by atoms with Crippen LogP contribution in [0.5, 0.6) is 0 Å². The van der Waals surface area contributed by atoms with Gasteiger partial charge in [0, 0.05) is 44.3 Å². The number of H-pyrrole nitrogens is 1. The molecule has 1 amide bonds. The lowest BCUT2D eigenvalue weighted by Gasteiger charge is -2.34. The lowest BCUT2D eigenvalue weighted by Crippen LogP contribution is -2.48. The van der Waals surface area contributed by atoms with Crippen LogP contribution in [0.2, 0.25) is 0 Å². The minimum absolute atomic E-state index is 0.0679. The second kappa shape index (κ2) is 5.85. The number of carbonyl (C=O) groups excluding carboxylic acids is 1. The van der Waals surface area contributed by atoms with Crippen molar-refractivity contribution in [1.82, 2.24) is 20.0 Å². The van der Waals surface area contributed by atoms with Crippen LogP contribution in [0, 0.1) is 0 Å². The molecule has 0 bridgehead atoms. The minimum Gasteiger partial charge on any atom is -0.335 e. The second-order valence-corrected chi connectivity index (χ2v) is 6.96. The number of thiophene rings is 1. The molecule has 0 atom stereocenters. The first-order chi connectivity index (χ1) is 10.8. The zero-order valence-electron chi connectivity index (χ0n) is 12.5. The molecule has 2 aliphatic rings. The molecule has 1 N–H and O–H groups in total. The van der Waals surface area contributed by atoms with E-state index in [4.69, 9.17) is 0 Å². The van der Waals surface area contributed by atoms with E-state index in [9.17, 15) is 4.79 Å². The number of rotatable bonds is 4. The SMILES string of the molecule is O=C(c1cc(C2CC2)[nH]n1)N1CCN(Cc2ccsc2)CC1. The van der Waals surface area contributed by atoms with Crippen LogP contribution in [0.25, 0.3) is 0 Å². The standard InChI is InChI=1S/C16H20N4OS/c21-16(15-9-14(17-18-15)13-1-2-13)20-6-4-19(5-7-20)10-12-3-8-22-11-12/h3,8-9,11,13H,1-2,4-7,10H2,(H,17,18). The third-order valence-electron chi connectivity index (χ3n) is 4.48. The Morgan fingerprint density at radius 2 is 2.14 bits per heavy atom. The number of hydrogen-bond donors (Lipinski definition) is 1. The van der Waals surface area contributed by atoms with Gasteiger partial charge >= 0.3 is 0 Å². The third kappa shape index (κ3) is 2.94. The van der Waals surface area contributed by atoms with Gasteiger partial charge in [0.25, 0.3) is 5.91 Å².